The van der Waals surface area contributed by atoms with Crippen LogP contribution in [0.2, 0.25) is 0 Å². The minimum absolute atomic E-state index is 0.289. The second-order valence-corrected chi connectivity index (χ2v) is 7.05. The minimum atomic E-state index is 0.289. The summed E-state index contributed by atoms with van der Waals surface area (Å²) in [4.78, 5) is 21.0. The third-order valence-corrected chi connectivity index (χ3v) is 4.84. The van der Waals surface area contributed by atoms with Crippen LogP contribution in [-0.2, 0) is 4.79 Å². The Balaban J connectivity index is 1.69. The fraction of sp³-hybridized carbons (Fsp3) is 0.882. The normalized spacial score (nSPS) is 22.9. The molecule has 0 bridgehead atoms. The highest BCUT2D eigenvalue weighted by Crippen LogP contribution is 2.27. The molecular formula is C17H33N5O. The van der Waals surface area contributed by atoms with E-state index in [-0.39, 0.29) is 5.92 Å². The van der Waals surface area contributed by atoms with Crippen molar-refractivity contribution in [2.45, 2.75) is 44.6 Å². The Morgan fingerprint density at radius 2 is 2.00 bits per heavy atom. The van der Waals surface area contributed by atoms with Gasteiger partial charge in [0.1, 0.15) is 0 Å². The summed E-state index contributed by atoms with van der Waals surface area (Å²) in [7, 11) is 5.97. The molecule has 1 atom stereocenters. The molecule has 1 aliphatic carbocycles. The highest BCUT2D eigenvalue weighted by atomic mass is 16.2. The van der Waals surface area contributed by atoms with Crippen LogP contribution in [0, 0.1) is 5.92 Å². The van der Waals surface area contributed by atoms with E-state index in [4.69, 9.17) is 0 Å². The van der Waals surface area contributed by atoms with Gasteiger partial charge >= 0.3 is 0 Å². The number of carbonyl (C=O) groups is 1. The van der Waals surface area contributed by atoms with Gasteiger partial charge in [0.25, 0.3) is 0 Å². The van der Waals surface area contributed by atoms with Crippen molar-refractivity contribution in [1.82, 2.24) is 20.4 Å². The van der Waals surface area contributed by atoms with Crippen LogP contribution in [0.5, 0.6) is 0 Å². The molecule has 6 nitrogen and oxygen atoms in total. The van der Waals surface area contributed by atoms with E-state index in [0.717, 1.165) is 57.8 Å². The third kappa shape index (κ3) is 5.68. The fourth-order valence-corrected chi connectivity index (χ4v) is 3.50. The van der Waals surface area contributed by atoms with Gasteiger partial charge in [-0.3, -0.25) is 9.79 Å². The summed E-state index contributed by atoms with van der Waals surface area (Å²) in [5.41, 5.74) is 0. The molecule has 2 rings (SSSR count). The zero-order valence-electron chi connectivity index (χ0n) is 15.0. The maximum Gasteiger partial charge on any atom is 0.225 e. The van der Waals surface area contributed by atoms with Crippen molar-refractivity contribution in [2.24, 2.45) is 10.9 Å². The second kappa shape index (κ2) is 9.11. The Morgan fingerprint density at radius 1 is 1.26 bits per heavy atom. The molecule has 0 spiro atoms. The van der Waals surface area contributed by atoms with Crippen molar-refractivity contribution in [3.63, 3.8) is 0 Å². The number of rotatable bonds is 6. The number of hydrogen-bond donors (Lipinski definition) is 2. The Hall–Kier alpha value is -1.30. The van der Waals surface area contributed by atoms with Crippen molar-refractivity contribution in [2.75, 3.05) is 47.3 Å². The predicted molar refractivity (Wildman–Crippen MR) is 94.6 cm³/mol. The van der Waals surface area contributed by atoms with Gasteiger partial charge < -0.3 is 20.4 Å². The first kappa shape index (κ1) is 18.0. The van der Waals surface area contributed by atoms with Crippen molar-refractivity contribution in [1.29, 1.82) is 0 Å². The molecule has 2 aliphatic rings. The van der Waals surface area contributed by atoms with Crippen LogP contribution in [0.1, 0.15) is 38.5 Å². The average molecular weight is 323 g/mol. The van der Waals surface area contributed by atoms with Gasteiger partial charge in [-0.15, -0.1) is 0 Å². The standard InChI is InChI=1S/C17H33N5O/c1-18-17(19-10-6-11-21(2)3)20-15-9-12-22(13-15)16(23)14-7-4-5-8-14/h14-15H,4-13H2,1-3H3,(H2,18,19,20). The summed E-state index contributed by atoms with van der Waals surface area (Å²) < 4.78 is 0. The maximum absolute atomic E-state index is 12.5. The van der Waals surface area contributed by atoms with Crippen LogP contribution in [-0.4, -0.2) is 75.0 Å². The fourth-order valence-electron chi connectivity index (χ4n) is 3.50. The number of likely N-dealkylation sites (tertiary alicyclic amines) is 1. The first-order valence-electron chi connectivity index (χ1n) is 9.01. The number of carbonyl (C=O) groups excluding carboxylic acids is 1. The second-order valence-electron chi connectivity index (χ2n) is 7.05. The predicted octanol–water partition coefficient (Wildman–Crippen LogP) is 0.894. The van der Waals surface area contributed by atoms with Crippen LogP contribution in [0.25, 0.3) is 0 Å². The lowest BCUT2D eigenvalue weighted by Crippen LogP contribution is -2.45. The molecule has 1 aliphatic heterocycles. The van der Waals surface area contributed by atoms with Gasteiger partial charge in [-0.05, 0) is 46.3 Å². The lowest BCUT2D eigenvalue weighted by Gasteiger charge is -2.21. The molecule has 6 heteroatoms. The molecule has 1 amide bonds. The van der Waals surface area contributed by atoms with E-state index >= 15 is 0 Å². The van der Waals surface area contributed by atoms with Crippen molar-refractivity contribution in [3.05, 3.63) is 0 Å². The van der Waals surface area contributed by atoms with E-state index in [1.807, 2.05) is 4.90 Å². The van der Waals surface area contributed by atoms with Gasteiger partial charge in [0.15, 0.2) is 5.96 Å². The summed E-state index contributed by atoms with van der Waals surface area (Å²) >= 11 is 0. The van der Waals surface area contributed by atoms with Crippen molar-refractivity contribution < 1.29 is 4.79 Å². The van der Waals surface area contributed by atoms with Crippen LogP contribution in [0.4, 0.5) is 0 Å². The van der Waals surface area contributed by atoms with Gasteiger partial charge in [0.05, 0.1) is 0 Å². The number of amides is 1. The third-order valence-electron chi connectivity index (χ3n) is 4.84. The number of nitrogens with zero attached hydrogens (tertiary/aromatic N) is 3. The quantitative estimate of drug-likeness (QED) is 0.433. The van der Waals surface area contributed by atoms with Gasteiger partial charge in [0.2, 0.25) is 5.91 Å². The molecular weight excluding hydrogens is 290 g/mol. The number of guanidine groups is 1. The molecule has 1 unspecified atom stereocenters. The molecule has 2 fully saturated rings. The van der Waals surface area contributed by atoms with E-state index < -0.39 is 0 Å². The molecule has 0 aromatic rings. The summed E-state index contributed by atoms with van der Waals surface area (Å²) in [5, 5.41) is 6.82. The van der Waals surface area contributed by atoms with Crippen LogP contribution >= 0.6 is 0 Å². The Bertz CT molecular complexity index is 404. The largest absolute Gasteiger partial charge is 0.356 e. The van der Waals surface area contributed by atoms with E-state index in [0.29, 0.717) is 11.9 Å². The zero-order valence-corrected chi connectivity index (χ0v) is 15.0. The Labute approximate surface area is 140 Å². The van der Waals surface area contributed by atoms with Crippen LogP contribution in [0.3, 0.4) is 0 Å². The van der Waals surface area contributed by atoms with E-state index in [1.165, 1.54) is 12.8 Å². The average Bonchev–Trinajstić information content (AvgIpc) is 3.20. The van der Waals surface area contributed by atoms with Gasteiger partial charge in [-0.25, -0.2) is 0 Å². The Morgan fingerprint density at radius 3 is 2.65 bits per heavy atom. The minimum Gasteiger partial charge on any atom is -0.356 e. The number of aliphatic imine (C=N–C) groups is 1. The molecule has 1 heterocycles. The molecule has 132 valence electrons. The van der Waals surface area contributed by atoms with Crippen LogP contribution in [0.15, 0.2) is 4.99 Å². The summed E-state index contributed by atoms with van der Waals surface area (Å²) in [6, 6.07) is 0.320. The number of hydrogen-bond acceptors (Lipinski definition) is 3. The lowest BCUT2D eigenvalue weighted by molar-refractivity contribution is -0.134. The van der Waals surface area contributed by atoms with E-state index in [9.17, 15) is 4.79 Å². The van der Waals surface area contributed by atoms with E-state index in [1.54, 1.807) is 7.05 Å². The molecule has 23 heavy (non-hydrogen) atoms. The highest BCUT2D eigenvalue weighted by molar-refractivity contribution is 5.81. The monoisotopic (exact) mass is 323 g/mol. The summed E-state index contributed by atoms with van der Waals surface area (Å²) in [6.07, 6.45) is 6.71. The molecule has 0 radical (unpaired) electrons. The van der Waals surface area contributed by atoms with E-state index in [2.05, 4.69) is 34.6 Å². The first-order chi connectivity index (χ1) is 11.1. The maximum atomic E-state index is 12.5. The van der Waals surface area contributed by atoms with Gasteiger partial charge in [-0.1, -0.05) is 12.8 Å². The number of nitrogens with one attached hydrogen (secondary N) is 2. The zero-order chi connectivity index (χ0) is 16.7. The smallest absolute Gasteiger partial charge is 0.225 e. The van der Waals surface area contributed by atoms with Crippen LogP contribution < -0.4 is 10.6 Å². The highest BCUT2D eigenvalue weighted by Gasteiger charge is 2.32. The Kier molecular flexibility index (Phi) is 7.15. The first-order valence-corrected chi connectivity index (χ1v) is 9.01. The summed E-state index contributed by atoms with van der Waals surface area (Å²) in [5.74, 6) is 1.52. The van der Waals surface area contributed by atoms with Crippen molar-refractivity contribution in [3.8, 4) is 0 Å². The molecule has 1 saturated heterocycles. The SMILES string of the molecule is CN=C(NCCCN(C)C)NC1CCN(C(=O)C2CCCC2)C1. The molecule has 0 aromatic carbocycles. The topological polar surface area (TPSA) is 60.0 Å². The van der Waals surface area contributed by atoms with Gasteiger partial charge in [-0.2, -0.15) is 0 Å². The molecule has 2 N–H and O–H groups in total. The molecule has 0 aromatic heterocycles. The summed E-state index contributed by atoms with van der Waals surface area (Å²) in [6.45, 7) is 3.67. The lowest BCUT2D eigenvalue weighted by atomic mass is 10.1. The van der Waals surface area contributed by atoms with Gasteiger partial charge in [0, 0.05) is 38.6 Å². The molecule has 1 saturated carbocycles. The van der Waals surface area contributed by atoms with Crippen molar-refractivity contribution >= 4 is 11.9 Å².